The topological polar surface area (TPSA) is 65.5 Å². The Hall–Kier alpha value is -1.67. The highest BCUT2D eigenvalue weighted by Gasteiger charge is 2.36. The summed E-state index contributed by atoms with van der Waals surface area (Å²) in [5.41, 5.74) is 1.82. The van der Waals surface area contributed by atoms with Gasteiger partial charge in [-0.3, -0.25) is 14.5 Å². The molecule has 1 N–H and O–H groups in total. The molecule has 2 heterocycles. The summed E-state index contributed by atoms with van der Waals surface area (Å²) >= 11 is 14.3. The number of likely N-dealkylation sites (N-methyl/N-ethyl adjacent to an activating group) is 1. The third kappa shape index (κ3) is 6.32. The van der Waals surface area contributed by atoms with Gasteiger partial charge in [0.05, 0.1) is 11.6 Å². The number of nitrogens with zero attached hydrogens (tertiary/aromatic N) is 3. The van der Waals surface area contributed by atoms with Crippen molar-refractivity contribution in [2.45, 2.75) is 82.7 Å². The molecule has 9 heteroatoms. The third-order valence-corrected chi connectivity index (χ3v) is 10.0. The van der Waals surface area contributed by atoms with E-state index in [-0.39, 0.29) is 23.8 Å². The number of benzene rings is 1. The predicted octanol–water partition coefficient (Wildman–Crippen LogP) is 6.51. The van der Waals surface area contributed by atoms with E-state index in [0.717, 1.165) is 67.7 Å². The quantitative estimate of drug-likeness (QED) is 0.417. The maximum Gasteiger partial charge on any atom is 0.231 e. The molecule has 2 amide bonds. The van der Waals surface area contributed by atoms with Crippen molar-refractivity contribution < 1.29 is 9.59 Å². The average molecular weight is 564 g/mol. The van der Waals surface area contributed by atoms with Gasteiger partial charge in [0, 0.05) is 59.6 Å². The fourth-order valence-electron chi connectivity index (χ4n) is 6.14. The van der Waals surface area contributed by atoms with E-state index in [4.69, 9.17) is 28.2 Å². The Balaban J connectivity index is 1.20. The fourth-order valence-corrected chi connectivity index (χ4v) is 7.74. The molecule has 6 nitrogen and oxygen atoms in total. The van der Waals surface area contributed by atoms with E-state index in [1.54, 1.807) is 11.3 Å². The van der Waals surface area contributed by atoms with Crippen LogP contribution in [-0.4, -0.2) is 52.8 Å². The van der Waals surface area contributed by atoms with Crippen LogP contribution in [0.3, 0.4) is 0 Å². The van der Waals surface area contributed by atoms with Gasteiger partial charge in [-0.1, -0.05) is 48.5 Å². The summed E-state index contributed by atoms with van der Waals surface area (Å²) in [5.74, 6) is 0.448. The van der Waals surface area contributed by atoms with Crippen LogP contribution in [0.15, 0.2) is 18.2 Å². The summed E-state index contributed by atoms with van der Waals surface area (Å²) in [7, 11) is 1.92. The lowest BCUT2D eigenvalue weighted by atomic mass is 9.87. The van der Waals surface area contributed by atoms with E-state index < -0.39 is 0 Å². The molecule has 5 rings (SSSR count). The normalized spacial score (nSPS) is 22.6. The van der Waals surface area contributed by atoms with E-state index in [1.807, 2.05) is 30.1 Å². The first-order chi connectivity index (χ1) is 17.9. The first kappa shape index (κ1) is 26.9. The standard InChI is InChI=1S/C28H36Cl2N4O2S/c1-33(19-13-14-34(16-19)17-21-22(29)10-6-11-23(21)30)27(36)20-9-5-12-24-26(20)32-28(37-24)31-25(35)15-18-7-3-2-4-8-18/h6,10-11,18-20H,2-5,7-9,12-17H2,1H3,(H,31,32,35). The van der Waals surface area contributed by atoms with Crippen LogP contribution in [-0.2, 0) is 22.6 Å². The Labute approximate surface area is 233 Å². The number of carbonyl (C=O) groups excluding carboxylic acids is 2. The Kier molecular flexibility index (Phi) is 8.74. The Morgan fingerprint density at radius 1 is 1.11 bits per heavy atom. The number of halogens is 2. The minimum atomic E-state index is -0.235. The molecule has 2 aliphatic carbocycles. The molecule has 0 bridgehead atoms. The molecule has 2 unspecified atom stereocenters. The number of anilines is 1. The zero-order valence-electron chi connectivity index (χ0n) is 21.5. The van der Waals surface area contributed by atoms with Gasteiger partial charge >= 0.3 is 0 Å². The van der Waals surface area contributed by atoms with E-state index in [9.17, 15) is 9.59 Å². The minimum Gasteiger partial charge on any atom is -0.341 e. The highest BCUT2D eigenvalue weighted by Crippen LogP contribution is 2.38. The maximum absolute atomic E-state index is 13.7. The van der Waals surface area contributed by atoms with Crippen molar-refractivity contribution in [3.05, 3.63) is 44.4 Å². The molecule has 1 saturated heterocycles. The number of aromatic nitrogens is 1. The van der Waals surface area contributed by atoms with Crippen molar-refractivity contribution in [1.29, 1.82) is 0 Å². The summed E-state index contributed by atoms with van der Waals surface area (Å²) < 4.78 is 0. The molecule has 1 aromatic heterocycles. The van der Waals surface area contributed by atoms with Crippen LogP contribution in [0.25, 0.3) is 0 Å². The zero-order chi connectivity index (χ0) is 25.9. The van der Waals surface area contributed by atoms with Gasteiger partial charge in [-0.2, -0.15) is 0 Å². The fraction of sp³-hybridized carbons (Fsp3) is 0.607. The number of fused-ring (bicyclic) bond motifs is 1. The van der Waals surface area contributed by atoms with Gasteiger partial charge in [0.25, 0.3) is 0 Å². The monoisotopic (exact) mass is 562 g/mol. The molecule has 3 aliphatic rings. The first-order valence-corrected chi connectivity index (χ1v) is 15.2. The second-order valence-corrected chi connectivity index (χ2v) is 12.8. The third-order valence-electron chi connectivity index (χ3n) is 8.28. The Morgan fingerprint density at radius 2 is 1.86 bits per heavy atom. The maximum atomic E-state index is 13.7. The SMILES string of the molecule is CN(C(=O)C1CCCc2sc(NC(=O)CC3CCCCC3)nc21)C1CCN(Cc2c(Cl)cccc2Cl)C1. The van der Waals surface area contributed by atoms with Crippen molar-refractivity contribution in [1.82, 2.24) is 14.8 Å². The predicted molar refractivity (Wildman–Crippen MR) is 151 cm³/mol. The molecule has 1 saturated carbocycles. The summed E-state index contributed by atoms with van der Waals surface area (Å²) in [6.07, 6.45) is 10.2. The number of aryl methyl sites for hydroxylation is 1. The number of carbonyl (C=O) groups is 2. The van der Waals surface area contributed by atoms with Crippen LogP contribution in [0.5, 0.6) is 0 Å². The molecule has 2 fully saturated rings. The van der Waals surface area contributed by atoms with Gasteiger partial charge < -0.3 is 10.2 Å². The van der Waals surface area contributed by atoms with Crippen LogP contribution in [0.2, 0.25) is 10.0 Å². The molecule has 0 radical (unpaired) electrons. The number of hydrogen-bond donors (Lipinski definition) is 1. The highest BCUT2D eigenvalue weighted by atomic mass is 35.5. The largest absolute Gasteiger partial charge is 0.341 e. The van der Waals surface area contributed by atoms with E-state index in [0.29, 0.717) is 34.1 Å². The smallest absolute Gasteiger partial charge is 0.231 e. The van der Waals surface area contributed by atoms with E-state index >= 15 is 0 Å². The second-order valence-electron chi connectivity index (χ2n) is 10.9. The molecule has 0 spiro atoms. The number of likely N-dealkylation sites (tertiary alicyclic amines) is 1. The van der Waals surface area contributed by atoms with Crippen molar-refractivity contribution in [3.8, 4) is 0 Å². The number of amides is 2. The molecule has 2 aromatic rings. The number of hydrogen-bond acceptors (Lipinski definition) is 5. The lowest BCUT2D eigenvalue weighted by Gasteiger charge is -2.30. The lowest BCUT2D eigenvalue weighted by molar-refractivity contribution is -0.133. The number of rotatable bonds is 7. The molecule has 200 valence electrons. The van der Waals surface area contributed by atoms with Gasteiger partial charge in [-0.15, -0.1) is 11.3 Å². The Morgan fingerprint density at radius 3 is 2.62 bits per heavy atom. The average Bonchev–Trinajstić information content (AvgIpc) is 3.52. The molecular formula is C28H36Cl2N4O2S. The summed E-state index contributed by atoms with van der Waals surface area (Å²) in [4.78, 5) is 36.5. The van der Waals surface area contributed by atoms with Gasteiger partial charge in [-0.05, 0) is 56.6 Å². The summed E-state index contributed by atoms with van der Waals surface area (Å²) in [6, 6.07) is 5.74. The summed E-state index contributed by atoms with van der Waals surface area (Å²) in [5, 5.41) is 5.06. The van der Waals surface area contributed by atoms with Crippen LogP contribution < -0.4 is 5.32 Å². The summed E-state index contributed by atoms with van der Waals surface area (Å²) in [6.45, 7) is 2.37. The minimum absolute atomic E-state index is 0.0580. The van der Waals surface area contributed by atoms with Gasteiger partial charge in [0.15, 0.2) is 5.13 Å². The van der Waals surface area contributed by atoms with Crippen molar-refractivity contribution in [3.63, 3.8) is 0 Å². The highest BCUT2D eigenvalue weighted by molar-refractivity contribution is 7.15. The van der Waals surface area contributed by atoms with Gasteiger partial charge in [0.1, 0.15) is 0 Å². The van der Waals surface area contributed by atoms with E-state index in [2.05, 4.69) is 10.2 Å². The molecule has 2 atom stereocenters. The van der Waals surface area contributed by atoms with Crippen LogP contribution in [0, 0.1) is 5.92 Å². The lowest BCUT2D eigenvalue weighted by Crippen LogP contribution is -2.42. The number of thiazole rings is 1. The van der Waals surface area contributed by atoms with Gasteiger partial charge in [0.2, 0.25) is 11.8 Å². The zero-order valence-corrected chi connectivity index (χ0v) is 23.8. The van der Waals surface area contributed by atoms with Crippen molar-refractivity contribution >= 4 is 51.5 Å². The van der Waals surface area contributed by atoms with Crippen molar-refractivity contribution in [2.24, 2.45) is 5.92 Å². The molecule has 1 aliphatic heterocycles. The van der Waals surface area contributed by atoms with E-state index in [1.165, 1.54) is 19.3 Å². The first-order valence-electron chi connectivity index (χ1n) is 13.6. The van der Waals surface area contributed by atoms with Crippen LogP contribution in [0.4, 0.5) is 5.13 Å². The Bertz CT molecular complexity index is 1110. The van der Waals surface area contributed by atoms with Crippen LogP contribution in [0.1, 0.15) is 79.8 Å². The van der Waals surface area contributed by atoms with Gasteiger partial charge in [-0.25, -0.2) is 4.98 Å². The molecule has 1 aromatic carbocycles. The van der Waals surface area contributed by atoms with Crippen molar-refractivity contribution in [2.75, 3.05) is 25.5 Å². The molecule has 37 heavy (non-hydrogen) atoms. The number of nitrogens with one attached hydrogen (secondary N) is 1. The molecular weight excluding hydrogens is 527 g/mol. The van der Waals surface area contributed by atoms with Crippen LogP contribution >= 0.6 is 34.5 Å². The second kappa shape index (κ2) is 12.0.